The van der Waals surface area contributed by atoms with Crippen LogP contribution in [0.2, 0.25) is 0 Å². The zero-order chi connectivity index (χ0) is 17.6. The lowest BCUT2D eigenvalue weighted by Gasteiger charge is -2.07. The quantitative estimate of drug-likeness (QED) is 0.713. The Kier molecular flexibility index (Phi) is 4.89. The average molecular weight is 339 g/mol. The molecule has 0 saturated heterocycles. The van der Waals surface area contributed by atoms with E-state index in [-0.39, 0.29) is 24.1 Å². The number of benzene rings is 2. The van der Waals surface area contributed by atoms with Crippen LogP contribution >= 0.6 is 0 Å². The molecule has 0 aliphatic carbocycles. The minimum Gasteiger partial charge on any atom is -0.459 e. The van der Waals surface area contributed by atoms with Crippen molar-refractivity contribution < 1.29 is 23.1 Å². The smallest absolute Gasteiger partial charge is 0.338 e. The number of carbonyl (C=O) groups excluding carboxylic acids is 2. The average Bonchev–Trinajstić information content (AvgIpc) is 3.16. The van der Waals surface area contributed by atoms with E-state index in [1.165, 1.54) is 18.4 Å². The second-order valence-electron chi connectivity index (χ2n) is 5.21. The van der Waals surface area contributed by atoms with Gasteiger partial charge < -0.3 is 14.5 Å². The molecular formula is C19H14FNO4. The predicted octanol–water partition coefficient (Wildman–Crippen LogP) is 4.03. The molecule has 3 aromatic rings. The van der Waals surface area contributed by atoms with Crippen LogP contribution in [0.4, 0.5) is 10.1 Å². The number of hydrogen-bond acceptors (Lipinski definition) is 4. The van der Waals surface area contributed by atoms with E-state index in [9.17, 15) is 14.0 Å². The second-order valence-corrected chi connectivity index (χ2v) is 5.21. The lowest BCUT2D eigenvalue weighted by atomic mass is 10.2. The molecule has 1 amide bonds. The molecule has 126 valence electrons. The summed E-state index contributed by atoms with van der Waals surface area (Å²) in [6.07, 6.45) is 1.41. The highest BCUT2D eigenvalue weighted by atomic mass is 19.1. The lowest BCUT2D eigenvalue weighted by Crippen LogP contribution is -2.11. The molecular weight excluding hydrogens is 325 g/mol. The Hall–Kier alpha value is -3.41. The van der Waals surface area contributed by atoms with E-state index >= 15 is 0 Å². The third-order valence-corrected chi connectivity index (χ3v) is 3.41. The minimum absolute atomic E-state index is 0.0517. The number of ether oxygens (including phenoxy) is 1. The van der Waals surface area contributed by atoms with Crippen molar-refractivity contribution in [2.75, 3.05) is 5.32 Å². The van der Waals surface area contributed by atoms with Gasteiger partial charge in [0.1, 0.15) is 12.4 Å². The Morgan fingerprint density at radius 2 is 1.72 bits per heavy atom. The number of halogens is 1. The van der Waals surface area contributed by atoms with Gasteiger partial charge in [0.25, 0.3) is 5.91 Å². The summed E-state index contributed by atoms with van der Waals surface area (Å²) in [5, 5.41) is 2.65. The van der Waals surface area contributed by atoms with E-state index in [1.807, 2.05) is 0 Å². The van der Waals surface area contributed by atoms with E-state index in [0.29, 0.717) is 16.8 Å². The third-order valence-electron chi connectivity index (χ3n) is 3.41. The number of anilines is 1. The van der Waals surface area contributed by atoms with Gasteiger partial charge in [0.05, 0.1) is 11.8 Å². The normalized spacial score (nSPS) is 10.3. The van der Waals surface area contributed by atoms with Crippen LogP contribution in [0.3, 0.4) is 0 Å². The van der Waals surface area contributed by atoms with Crippen LogP contribution in [-0.4, -0.2) is 11.9 Å². The molecule has 1 heterocycles. The summed E-state index contributed by atoms with van der Waals surface area (Å²) >= 11 is 0. The molecule has 0 aliphatic heterocycles. The van der Waals surface area contributed by atoms with Crippen molar-refractivity contribution in [1.82, 2.24) is 0 Å². The molecule has 0 aliphatic rings. The highest BCUT2D eigenvalue weighted by molar-refractivity contribution is 6.02. The Bertz CT molecular complexity index is 855. The van der Waals surface area contributed by atoms with Gasteiger partial charge in [-0.15, -0.1) is 0 Å². The Morgan fingerprint density at radius 3 is 2.36 bits per heavy atom. The van der Waals surface area contributed by atoms with Gasteiger partial charge in [-0.2, -0.15) is 0 Å². The zero-order valence-corrected chi connectivity index (χ0v) is 13.1. The summed E-state index contributed by atoms with van der Waals surface area (Å²) in [5.41, 5.74) is 1.56. The van der Waals surface area contributed by atoms with E-state index in [0.717, 1.165) is 0 Å². The van der Waals surface area contributed by atoms with Crippen molar-refractivity contribution in [2.45, 2.75) is 6.61 Å². The SMILES string of the molecule is O=C(OCc1ccc(F)cc1)c1ccc(NC(=O)c2ccco2)cc1. The van der Waals surface area contributed by atoms with Crippen molar-refractivity contribution in [3.05, 3.63) is 89.6 Å². The summed E-state index contributed by atoms with van der Waals surface area (Å²) in [6.45, 7) is 0.0517. The summed E-state index contributed by atoms with van der Waals surface area (Å²) in [7, 11) is 0. The maximum absolute atomic E-state index is 12.8. The van der Waals surface area contributed by atoms with Crippen LogP contribution in [-0.2, 0) is 11.3 Å². The van der Waals surface area contributed by atoms with E-state index < -0.39 is 5.97 Å². The van der Waals surface area contributed by atoms with Gasteiger partial charge in [0.2, 0.25) is 0 Å². The van der Waals surface area contributed by atoms with Crippen LogP contribution in [0.15, 0.2) is 71.3 Å². The number of hydrogen-bond donors (Lipinski definition) is 1. The molecule has 2 aromatic carbocycles. The molecule has 6 heteroatoms. The molecule has 0 saturated carbocycles. The largest absolute Gasteiger partial charge is 0.459 e. The molecule has 0 radical (unpaired) electrons. The Labute approximate surface area is 143 Å². The standard InChI is InChI=1S/C19H14FNO4/c20-15-7-3-13(4-8-15)12-25-19(23)14-5-9-16(10-6-14)21-18(22)17-2-1-11-24-17/h1-11H,12H2,(H,21,22). The fourth-order valence-electron chi connectivity index (χ4n) is 2.10. The summed E-state index contributed by atoms with van der Waals surface area (Å²) in [5.74, 6) is -1.03. The first-order valence-electron chi connectivity index (χ1n) is 7.48. The number of nitrogens with one attached hydrogen (secondary N) is 1. The molecule has 25 heavy (non-hydrogen) atoms. The fraction of sp³-hybridized carbons (Fsp3) is 0.0526. The van der Waals surface area contributed by atoms with Gasteiger partial charge in [0.15, 0.2) is 5.76 Å². The van der Waals surface area contributed by atoms with Crippen molar-refractivity contribution in [2.24, 2.45) is 0 Å². The van der Waals surface area contributed by atoms with Crippen molar-refractivity contribution in [3.8, 4) is 0 Å². The van der Waals surface area contributed by atoms with Gasteiger partial charge >= 0.3 is 5.97 Å². The van der Waals surface area contributed by atoms with Crippen LogP contribution in [0.25, 0.3) is 0 Å². The molecule has 0 fully saturated rings. The van der Waals surface area contributed by atoms with Gasteiger partial charge in [0, 0.05) is 5.69 Å². The van der Waals surface area contributed by atoms with Crippen LogP contribution in [0, 0.1) is 5.82 Å². The number of esters is 1. The van der Waals surface area contributed by atoms with Crippen LogP contribution in [0.5, 0.6) is 0 Å². The molecule has 0 unspecified atom stereocenters. The molecule has 0 spiro atoms. The zero-order valence-electron chi connectivity index (χ0n) is 13.1. The first-order valence-corrected chi connectivity index (χ1v) is 7.48. The van der Waals surface area contributed by atoms with Crippen LogP contribution in [0.1, 0.15) is 26.5 Å². The maximum atomic E-state index is 12.8. The van der Waals surface area contributed by atoms with Crippen molar-refractivity contribution >= 4 is 17.6 Å². The van der Waals surface area contributed by atoms with Gasteiger partial charge in [-0.1, -0.05) is 12.1 Å². The Morgan fingerprint density at radius 1 is 1.00 bits per heavy atom. The van der Waals surface area contributed by atoms with Crippen molar-refractivity contribution in [3.63, 3.8) is 0 Å². The van der Waals surface area contributed by atoms with Gasteiger partial charge in [-0.3, -0.25) is 4.79 Å². The molecule has 0 bridgehead atoms. The highest BCUT2D eigenvalue weighted by Crippen LogP contribution is 2.13. The molecule has 1 aromatic heterocycles. The highest BCUT2D eigenvalue weighted by Gasteiger charge is 2.11. The second kappa shape index (κ2) is 7.44. The molecule has 5 nitrogen and oxygen atoms in total. The third kappa shape index (κ3) is 4.32. The number of carbonyl (C=O) groups is 2. The van der Waals surface area contributed by atoms with Crippen LogP contribution < -0.4 is 5.32 Å². The van der Waals surface area contributed by atoms with Gasteiger partial charge in [-0.05, 0) is 54.1 Å². The number of rotatable bonds is 5. The topological polar surface area (TPSA) is 68.5 Å². The summed E-state index contributed by atoms with van der Waals surface area (Å²) in [6, 6.07) is 15.2. The maximum Gasteiger partial charge on any atom is 0.338 e. The molecule has 0 atom stereocenters. The molecule has 3 rings (SSSR count). The summed E-state index contributed by atoms with van der Waals surface area (Å²) in [4.78, 5) is 23.9. The summed E-state index contributed by atoms with van der Waals surface area (Å²) < 4.78 is 23.0. The minimum atomic E-state index is -0.506. The number of furan rings is 1. The monoisotopic (exact) mass is 339 g/mol. The van der Waals surface area contributed by atoms with E-state index in [1.54, 1.807) is 48.5 Å². The number of amides is 1. The van der Waals surface area contributed by atoms with Gasteiger partial charge in [-0.25, -0.2) is 9.18 Å². The fourth-order valence-corrected chi connectivity index (χ4v) is 2.10. The van der Waals surface area contributed by atoms with E-state index in [4.69, 9.17) is 9.15 Å². The predicted molar refractivity (Wildman–Crippen MR) is 88.6 cm³/mol. The first-order chi connectivity index (χ1) is 12.1. The van der Waals surface area contributed by atoms with Crippen molar-refractivity contribution in [1.29, 1.82) is 0 Å². The lowest BCUT2D eigenvalue weighted by molar-refractivity contribution is 0.0472. The molecule has 1 N–H and O–H groups in total. The Balaban J connectivity index is 1.56. The van der Waals surface area contributed by atoms with E-state index in [2.05, 4.69) is 5.32 Å². The first kappa shape index (κ1) is 16.4.